The van der Waals surface area contributed by atoms with Crippen LogP contribution < -0.4 is 10.6 Å². The zero-order chi connectivity index (χ0) is 17.2. The fraction of sp³-hybridized carbons (Fsp3) is 0.429. The van der Waals surface area contributed by atoms with Gasteiger partial charge in [-0.15, -0.1) is 0 Å². The van der Waals surface area contributed by atoms with E-state index in [1.165, 1.54) is 0 Å². The van der Waals surface area contributed by atoms with Gasteiger partial charge in [0.25, 0.3) is 0 Å². The van der Waals surface area contributed by atoms with Gasteiger partial charge in [-0.3, -0.25) is 0 Å². The van der Waals surface area contributed by atoms with Crippen LogP contribution in [0.4, 0.5) is 0 Å². The molecule has 1 fully saturated rings. The van der Waals surface area contributed by atoms with Crippen LogP contribution in [-0.4, -0.2) is 16.9 Å². The first kappa shape index (κ1) is 17.5. The Kier molecular flexibility index (Phi) is 5.27. The van der Waals surface area contributed by atoms with Crippen molar-refractivity contribution in [1.82, 2.24) is 0 Å². The second-order valence-electron chi connectivity index (χ2n) is 7.23. The highest BCUT2D eigenvalue weighted by atomic mass is 31.2. The van der Waals surface area contributed by atoms with Gasteiger partial charge in [-0.05, 0) is 24.7 Å². The maximum Gasteiger partial charge on any atom is 0.146 e. The summed E-state index contributed by atoms with van der Waals surface area (Å²) < 4.78 is 14.6. The van der Waals surface area contributed by atoms with E-state index in [1.807, 2.05) is 60.7 Å². The molecular formula is C21H27O2P. The van der Waals surface area contributed by atoms with Gasteiger partial charge in [0.2, 0.25) is 0 Å². The van der Waals surface area contributed by atoms with E-state index in [1.54, 1.807) is 0 Å². The maximum absolute atomic E-state index is 14.6. The molecule has 3 rings (SSSR count). The molecule has 0 saturated heterocycles. The van der Waals surface area contributed by atoms with Crippen molar-refractivity contribution in [1.29, 1.82) is 0 Å². The Balaban J connectivity index is 2.18. The first-order chi connectivity index (χ1) is 11.5. The molecule has 0 bridgehead atoms. The van der Waals surface area contributed by atoms with E-state index in [-0.39, 0.29) is 23.6 Å². The smallest absolute Gasteiger partial charge is 0.146 e. The molecule has 1 aliphatic carbocycles. The first-order valence-electron chi connectivity index (χ1n) is 8.94. The Hall–Kier alpha value is -1.37. The van der Waals surface area contributed by atoms with Gasteiger partial charge in [0.05, 0.1) is 6.10 Å². The molecule has 2 nitrogen and oxygen atoms in total. The normalized spacial score (nSPS) is 22.7. The predicted octanol–water partition coefficient (Wildman–Crippen LogP) is 4.19. The maximum atomic E-state index is 14.6. The second-order valence-corrected chi connectivity index (χ2v) is 10.2. The van der Waals surface area contributed by atoms with Crippen LogP contribution in [0.25, 0.3) is 0 Å². The fourth-order valence-corrected chi connectivity index (χ4v) is 8.29. The zero-order valence-electron chi connectivity index (χ0n) is 14.5. The third-order valence-electron chi connectivity index (χ3n) is 5.35. The summed E-state index contributed by atoms with van der Waals surface area (Å²) in [7, 11) is -2.84. The summed E-state index contributed by atoms with van der Waals surface area (Å²) in [5, 5.41) is 12.4. The monoisotopic (exact) mass is 342 g/mol. The number of aliphatic hydroxyl groups is 1. The van der Waals surface area contributed by atoms with Gasteiger partial charge in [-0.2, -0.15) is 0 Å². The third-order valence-corrected chi connectivity index (χ3v) is 9.30. The molecule has 2 aromatic rings. The minimum Gasteiger partial charge on any atom is -0.393 e. The van der Waals surface area contributed by atoms with Crippen LogP contribution in [0.15, 0.2) is 60.7 Å². The predicted molar refractivity (Wildman–Crippen MR) is 102 cm³/mol. The third kappa shape index (κ3) is 3.10. The van der Waals surface area contributed by atoms with Crippen molar-refractivity contribution in [3.8, 4) is 0 Å². The average molecular weight is 342 g/mol. The lowest BCUT2D eigenvalue weighted by atomic mass is 9.93. The van der Waals surface area contributed by atoms with Crippen LogP contribution >= 0.6 is 7.14 Å². The minimum atomic E-state index is -2.84. The van der Waals surface area contributed by atoms with Crippen LogP contribution in [0.2, 0.25) is 0 Å². The molecule has 1 N–H and O–H groups in total. The summed E-state index contributed by atoms with van der Waals surface area (Å²) >= 11 is 0. The lowest BCUT2D eigenvalue weighted by molar-refractivity contribution is 0.122. The molecule has 1 saturated carbocycles. The highest BCUT2D eigenvalue weighted by Crippen LogP contribution is 2.56. The van der Waals surface area contributed by atoms with Crippen LogP contribution in [-0.2, 0) is 4.57 Å². The van der Waals surface area contributed by atoms with Gasteiger partial charge in [-0.25, -0.2) is 0 Å². The Morgan fingerprint density at radius 3 is 1.79 bits per heavy atom. The van der Waals surface area contributed by atoms with Crippen LogP contribution in [0, 0.1) is 11.8 Å². The van der Waals surface area contributed by atoms with E-state index < -0.39 is 7.14 Å². The van der Waals surface area contributed by atoms with Gasteiger partial charge in [0, 0.05) is 16.3 Å². The van der Waals surface area contributed by atoms with E-state index in [9.17, 15) is 9.67 Å². The standard InChI is InChI=1S/C21H27O2P/c1-16(2)21(19-14-9-15-20(19)22)24(23,17-10-5-3-6-11-17)18-12-7-4-8-13-18/h3-8,10-13,16,19-22H,9,14-15H2,1-2H3/t19-,20+,21+/m1/s1. The van der Waals surface area contributed by atoms with Gasteiger partial charge in [0.15, 0.2) is 0 Å². The molecule has 0 amide bonds. The summed E-state index contributed by atoms with van der Waals surface area (Å²) in [4.78, 5) is 0. The topological polar surface area (TPSA) is 37.3 Å². The Bertz CT molecular complexity index is 653. The lowest BCUT2D eigenvalue weighted by Gasteiger charge is -2.37. The van der Waals surface area contributed by atoms with Gasteiger partial charge in [-0.1, -0.05) is 80.9 Å². The minimum absolute atomic E-state index is 0.0280. The van der Waals surface area contributed by atoms with E-state index in [4.69, 9.17) is 0 Å². The van der Waals surface area contributed by atoms with Crippen molar-refractivity contribution in [2.75, 3.05) is 0 Å². The molecule has 24 heavy (non-hydrogen) atoms. The van der Waals surface area contributed by atoms with E-state index >= 15 is 0 Å². The van der Waals surface area contributed by atoms with Crippen molar-refractivity contribution in [3.05, 3.63) is 60.7 Å². The largest absolute Gasteiger partial charge is 0.393 e. The summed E-state index contributed by atoms with van der Waals surface area (Å²) in [6, 6.07) is 19.8. The molecule has 0 aromatic heterocycles. The molecule has 128 valence electrons. The summed E-state index contributed by atoms with van der Waals surface area (Å²) in [6.07, 6.45) is 2.49. The zero-order valence-corrected chi connectivity index (χ0v) is 15.4. The first-order valence-corrected chi connectivity index (χ1v) is 10.7. The molecule has 0 heterocycles. The van der Waals surface area contributed by atoms with Crippen molar-refractivity contribution in [2.45, 2.75) is 44.9 Å². The molecule has 2 aromatic carbocycles. The number of aliphatic hydroxyl groups excluding tert-OH is 1. The Morgan fingerprint density at radius 2 is 1.42 bits per heavy atom. The molecule has 1 aliphatic rings. The van der Waals surface area contributed by atoms with Crippen molar-refractivity contribution in [3.63, 3.8) is 0 Å². The highest BCUT2D eigenvalue weighted by Gasteiger charge is 2.46. The molecule has 3 atom stereocenters. The van der Waals surface area contributed by atoms with Gasteiger partial charge >= 0.3 is 0 Å². The fourth-order valence-electron chi connectivity index (χ4n) is 4.34. The molecular weight excluding hydrogens is 315 g/mol. The van der Waals surface area contributed by atoms with Gasteiger partial charge in [0.1, 0.15) is 7.14 Å². The quantitative estimate of drug-likeness (QED) is 0.828. The number of benzene rings is 2. The Labute approximate surface area is 145 Å². The molecule has 0 radical (unpaired) electrons. The Morgan fingerprint density at radius 1 is 0.917 bits per heavy atom. The molecule has 0 unspecified atom stereocenters. The SMILES string of the molecule is CC(C)[C@@H]([C@@H]1CCC[C@@H]1O)P(=O)(c1ccccc1)c1ccccc1. The van der Waals surface area contributed by atoms with Crippen molar-refractivity contribution >= 4 is 17.8 Å². The number of hydrogen-bond acceptors (Lipinski definition) is 2. The highest BCUT2D eigenvalue weighted by molar-refractivity contribution is 7.79. The lowest BCUT2D eigenvalue weighted by Crippen LogP contribution is -2.38. The van der Waals surface area contributed by atoms with Crippen molar-refractivity contribution < 1.29 is 9.67 Å². The van der Waals surface area contributed by atoms with Crippen LogP contribution in [0.5, 0.6) is 0 Å². The van der Waals surface area contributed by atoms with E-state index in [2.05, 4.69) is 13.8 Å². The van der Waals surface area contributed by atoms with Crippen molar-refractivity contribution in [2.24, 2.45) is 11.8 Å². The molecule has 3 heteroatoms. The summed E-state index contributed by atoms with van der Waals surface area (Å²) in [5.74, 6) is 0.352. The summed E-state index contributed by atoms with van der Waals surface area (Å²) in [6.45, 7) is 4.29. The summed E-state index contributed by atoms with van der Waals surface area (Å²) in [5.41, 5.74) is -0.0280. The molecule has 0 spiro atoms. The average Bonchev–Trinajstić information content (AvgIpc) is 3.02. The van der Waals surface area contributed by atoms with Crippen LogP contribution in [0.3, 0.4) is 0 Å². The number of hydrogen-bond donors (Lipinski definition) is 1. The molecule has 0 aliphatic heterocycles. The van der Waals surface area contributed by atoms with Crippen LogP contribution in [0.1, 0.15) is 33.1 Å². The van der Waals surface area contributed by atoms with E-state index in [0.29, 0.717) is 0 Å². The number of rotatable bonds is 5. The van der Waals surface area contributed by atoms with Gasteiger partial charge < -0.3 is 9.67 Å². The van der Waals surface area contributed by atoms with E-state index in [0.717, 1.165) is 29.9 Å². The second kappa shape index (κ2) is 7.25.